The number of hydrogen-bond acceptors (Lipinski definition) is 4. The molecule has 2 aromatic rings. The number of amides is 1. The molecule has 1 amide bonds. The molecule has 0 saturated heterocycles. The Labute approximate surface area is 153 Å². The Balaban J connectivity index is 1.51. The third-order valence-corrected chi connectivity index (χ3v) is 5.12. The summed E-state index contributed by atoms with van der Waals surface area (Å²) in [7, 11) is 0. The average Bonchev–Trinajstić information content (AvgIpc) is 3.40. The van der Waals surface area contributed by atoms with Crippen molar-refractivity contribution >= 4 is 5.91 Å². The maximum atomic E-state index is 12.3. The van der Waals surface area contributed by atoms with Crippen molar-refractivity contribution in [1.82, 2.24) is 19.9 Å². The largest absolute Gasteiger partial charge is 0.374 e. The van der Waals surface area contributed by atoms with Crippen molar-refractivity contribution in [2.24, 2.45) is 5.92 Å². The second-order valence-electron chi connectivity index (χ2n) is 7.05. The van der Waals surface area contributed by atoms with Gasteiger partial charge in [0.2, 0.25) is 5.91 Å². The van der Waals surface area contributed by atoms with Gasteiger partial charge in [-0.2, -0.15) is 0 Å². The van der Waals surface area contributed by atoms with Crippen LogP contribution in [0, 0.1) is 5.92 Å². The standard InChI is InChI=1S/C20H24N4O2/c1-2-19(25)23-11-10-17-20(21-22-24(17)12-15-8-9-15)18(23)14-26-13-16-6-4-3-5-7-16/h2-7,15,18H,1,8-14H2. The zero-order chi connectivity index (χ0) is 17.9. The van der Waals surface area contributed by atoms with Gasteiger partial charge in [0.1, 0.15) is 11.7 Å². The van der Waals surface area contributed by atoms with Crippen LogP contribution in [0.3, 0.4) is 0 Å². The lowest BCUT2D eigenvalue weighted by Gasteiger charge is -2.34. The van der Waals surface area contributed by atoms with E-state index in [2.05, 4.69) is 16.9 Å². The first-order valence-electron chi connectivity index (χ1n) is 9.23. The summed E-state index contributed by atoms with van der Waals surface area (Å²) in [6, 6.07) is 9.83. The molecule has 26 heavy (non-hydrogen) atoms. The summed E-state index contributed by atoms with van der Waals surface area (Å²) in [5.41, 5.74) is 3.14. The highest BCUT2D eigenvalue weighted by molar-refractivity contribution is 5.87. The predicted molar refractivity (Wildman–Crippen MR) is 97.2 cm³/mol. The van der Waals surface area contributed by atoms with Gasteiger partial charge in [0.15, 0.2) is 0 Å². The maximum Gasteiger partial charge on any atom is 0.246 e. The fourth-order valence-electron chi connectivity index (χ4n) is 3.50. The molecule has 0 N–H and O–H groups in total. The Kier molecular flexibility index (Phi) is 4.84. The monoisotopic (exact) mass is 352 g/mol. The number of carbonyl (C=O) groups is 1. The smallest absolute Gasteiger partial charge is 0.246 e. The molecular weight excluding hydrogens is 328 g/mol. The molecule has 1 fully saturated rings. The molecule has 2 aliphatic rings. The van der Waals surface area contributed by atoms with Crippen LogP contribution in [0.4, 0.5) is 0 Å². The maximum absolute atomic E-state index is 12.3. The summed E-state index contributed by atoms with van der Waals surface area (Å²) in [6.45, 7) is 6.14. The van der Waals surface area contributed by atoms with Crippen molar-refractivity contribution in [2.45, 2.75) is 38.5 Å². The minimum atomic E-state index is -0.207. The first kappa shape index (κ1) is 17.0. The van der Waals surface area contributed by atoms with Gasteiger partial charge in [-0.25, -0.2) is 4.68 Å². The van der Waals surface area contributed by atoms with Crippen molar-refractivity contribution in [3.63, 3.8) is 0 Å². The molecule has 0 bridgehead atoms. The van der Waals surface area contributed by atoms with E-state index in [1.54, 1.807) is 4.90 Å². The van der Waals surface area contributed by atoms with Gasteiger partial charge in [-0.05, 0) is 30.4 Å². The van der Waals surface area contributed by atoms with Crippen LogP contribution in [0.2, 0.25) is 0 Å². The van der Waals surface area contributed by atoms with Gasteiger partial charge in [0, 0.05) is 19.5 Å². The molecule has 6 nitrogen and oxygen atoms in total. The second-order valence-corrected chi connectivity index (χ2v) is 7.05. The summed E-state index contributed by atoms with van der Waals surface area (Å²) in [5, 5.41) is 8.78. The number of carbonyl (C=O) groups excluding carboxylic acids is 1. The minimum Gasteiger partial charge on any atom is -0.374 e. The topological polar surface area (TPSA) is 60.2 Å². The van der Waals surface area contributed by atoms with Gasteiger partial charge in [-0.1, -0.05) is 42.1 Å². The van der Waals surface area contributed by atoms with Crippen LogP contribution < -0.4 is 0 Å². The Morgan fingerprint density at radius 1 is 1.31 bits per heavy atom. The first-order valence-corrected chi connectivity index (χ1v) is 9.23. The van der Waals surface area contributed by atoms with Crippen LogP contribution in [0.25, 0.3) is 0 Å². The molecule has 1 unspecified atom stereocenters. The molecule has 1 aromatic carbocycles. The molecule has 2 heterocycles. The van der Waals surface area contributed by atoms with Gasteiger partial charge in [0.05, 0.1) is 18.9 Å². The van der Waals surface area contributed by atoms with Crippen molar-refractivity contribution in [3.8, 4) is 0 Å². The summed E-state index contributed by atoms with van der Waals surface area (Å²) >= 11 is 0. The Hall–Kier alpha value is -2.47. The fraction of sp³-hybridized carbons (Fsp3) is 0.450. The molecule has 4 rings (SSSR count). The summed E-state index contributed by atoms with van der Waals surface area (Å²) in [6.07, 6.45) is 4.70. The number of fused-ring (bicyclic) bond motifs is 1. The quantitative estimate of drug-likeness (QED) is 0.719. The van der Waals surface area contributed by atoms with Crippen LogP contribution in [0.5, 0.6) is 0 Å². The van der Waals surface area contributed by atoms with Crippen LogP contribution in [-0.4, -0.2) is 39.0 Å². The number of nitrogens with zero attached hydrogens (tertiary/aromatic N) is 4. The third kappa shape index (κ3) is 3.55. The number of ether oxygens (including phenoxy) is 1. The summed E-state index contributed by atoms with van der Waals surface area (Å²) < 4.78 is 7.97. The molecule has 0 spiro atoms. The lowest BCUT2D eigenvalue weighted by atomic mass is 10.0. The van der Waals surface area contributed by atoms with Gasteiger partial charge < -0.3 is 9.64 Å². The SMILES string of the molecule is C=CC(=O)N1CCc2c(nnn2CC2CC2)C1COCc1ccccc1. The van der Waals surface area contributed by atoms with Crippen LogP contribution in [-0.2, 0) is 29.1 Å². The fourth-order valence-corrected chi connectivity index (χ4v) is 3.50. The van der Waals surface area contributed by atoms with E-state index in [0.717, 1.165) is 35.8 Å². The van der Waals surface area contributed by atoms with E-state index in [1.807, 2.05) is 35.0 Å². The van der Waals surface area contributed by atoms with Crippen molar-refractivity contribution in [3.05, 3.63) is 59.9 Å². The highest BCUT2D eigenvalue weighted by Crippen LogP contribution is 2.33. The Morgan fingerprint density at radius 2 is 2.12 bits per heavy atom. The zero-order valence-electron chi connectivity index (χ0n) is 14.9. The molecular formula is C20H24N4O2. The van der Waals surface area contributed by atoms with Crippen LogP contribution in [0.15, 0.2) is 43.0 Å². The van der Waals surface area contributed by atoms with Crippen molar-refractivity contribution < 1.29 is 9.53 Å². The van der Waals surface area contributed by atoms with Crippen molar-refractivity contribution in [1.29, 1.82) is 0 Å². The Bertz CT molecular complexity index is 782. The molecule has 1 atom stereocenters. The summed E-state index contributed by atoms with van der Waals surface area (Å²) in [4.78, 5) is 14.1. The molecule has 0 radical (unpaired) electrons. The number of aromatic nitrogens is 3. The normalized spacial score (nSPS) is 19.2. The van der Waals surface area contributed by atoms with Gasteiger partial charge in [0.25, 0.3) is 0 Å². The molecule has 1 aromatic heterocycles. The summed E-state index contributed by atoms with van der Waals surface area (Å²) in [5.74, 6) is 0.655. The lowest BCUT2D eigenvalue weighted by Crippen LogP contribution is -2.41. The number of benzene rings is 1. The van der Waals surface area contributed by atoms with Crippen LogP contribution >= 0.6 is 0 Å². The molecule has 1 aliphatic carbocycles. The van der Waals surface area contributed by atoms with E-state index in [4.69, 9.17) is 4.74 Å². The van der Waals surface area contributed by atoms with E-state index in [0.29, 0.717) is 19.8 Å². The van der Waals surface area contributed by atoms with E-state index >= 15 is 0 Å². The van der Waals surface area contributed by atoms with E-state index in [9.17, 15) is 4.79 Å². The van der Waals surface area contributed by atoms with Gasteiger partial charge in [-0.15, -0.1) is 5.10 Å². The average molecular weight is 352 g/mol. The van der Waals surface area contributed by atoms with Gasteiger partial charge >= 0.3 is 0 Å². The van der Waals surface area contributed by atoms with E-state index in [1.165, 1.54) is 18.9 Å². The second kappa shape index (κ2) is 7.41. The zero-order valence-corrected chi connectivity index (χ0v) is 14.9. The molecule has 6 heteroatoms. The van der Waals surface area contributed by atoms with Crippen molar-refractivity contribution in [2.75, 3.05) is 13.2 Å². The highest BCUT2D eigenvalue weighted by Gasteiger charge is 2.35. The third-order valence-electron chi connectivity index (χ3n) is 5.12. The molecule has 136 valence electrons. The van der Waals surface area contributed by atoms with E-state index in [-0.39, 0.29) is 11.9 Å². The van der Waals surface area contributed by atoms with Crippen LogP contribution in [0.1, 0.15) is 35.8 Å². The molecule has 1 saturated carbocycles. The van der Waals surface area contributed by atoms with Gasteiger partial charge in [-0.3, -0.25) is 4.79 Å². The number of rotatable bonds is 7. The highest BCUT2D eigenvalue weighted by atomic mass is 16.5. The lowest BCUT2D eigenvalue weighted by molar-refractivity contribution is -0.130. The van der Waals surface area contributed by atoms with E-state index < -0.39 is 0 Å². The molecule has 1 aliphatic heterocycles. The minimum absolute atomic E-state index is 0.0827. The first-order chi connectivity index (χ1) is 12.8. The Morgan fingerprint density at radius 3 is 2.85 bits per heavy atom. The predicted octanol–water partition coefficient (Wildman–Crippen LogP) is 2.52. The number of hydrogen-bond donors (Lipinski definition) is 0.